The van der Waals surface area contributed by atoms with Gasteiger partial charge < -0.3 is 24.6 Å². The lowest BCUT2D eigenvalue weighted by Crippen LogP contribution is -2.28. The van der Waals surface area contributed by atoms with Crippen LogP contribution >= 0.6 is 7.82 Å². The molecule has 0 fully saturated rings. The Morgan fingerprint density at radius 1 is 0.625 bits per heavy atom. The molecule has 3 N–H and O–H groups in total. The molecule has 0 rings (SSSR count). The quantitative estimate of drug-likeness (QED) is 0.0248. The summed E-state index contributed by atoms with van der Waals surface area (Å²) in [5.74, 6) is -0.404. The monoisotopic (exact) mass is 707 g/mol. The van der Waals surface area contributed by atoms with E-state index in [0.717, 1.165) is 32.1 Å². The van der Waals surface area contributed by atoms with Crippen molar-refractivity contribution in [2.24, 2.45) is 0 Å². The van der Waals surface area contributed by atoms with E-state index in [0.29, 0.717) is 0 Å². The minimum absolute atomic E-state index is 0.0293. The highest BCUT2D eigenvalue weighted by molar-refractivity contribution is 7.47. The van der Waals surface area contributed by atoms with E-state index < -0.39 is 45.8 Å². The van der Waals surface area contributed by atoms with Crippen LogP contribution in [-0.2, 0) is 27.9 Å². The smallest absolute Gasteiger partial charge is 0.472 e. The van der Waals surface area contributed by atoms with Gasteiger partial charge in [0.05, 0.1) is 26.1 Å². The predicted octanol–water partition coefficient (Wildman–Crippen LogP) is 10.5. The molecule has 0 aromatic carbocycles. The van der Waals surface area contributed by atoms with Gasteiger partial charge in [-0.1, -0.05) is 162 Å². The molecular formula is C38H75O9P. The van der Waals surface area contributed by atoms with Crippen molar-refractivity contribution >= 4 is 13.8 Å². The average Bonchev–Trinajstić information content (AvgIpc) is 3.07. The number of phosphoric acid groups is 1. The molecule has 0 saturated heterocycles. The van der Waals surface area contributed by atoms with Crippen LogP contribution in [0.3, 0.4) is 0 Å². The summed E-state index contributed by atoms with van der Waals surface area (Å²) in [6.07, 6.45) is 34.0. The second-order valence-corrected chi connectivity index (χ2v) is 14.8. The Bertz CT molecular complexity index is 764. The van der Waals surface area contributed by atoms with Crippen molar-refractivity contribution in [2.45, 2.75) is 199 Å². The van der Waals surface area contributed by atoms with Gasteiger partial charge in [0.2, 0.25) is 0 Å². The summed E-state index contributed by atoms with van der Waals surface area (Å²) >= 11 is 0. The summed E-state index contributed by atoms with van der Waals surface area (Å²) in [5.41, 5.74) is 0. The van der Waals surface area contributed by atoms with Crippen LogP contribution in [0.4, 0.5) is 0 Å². The first-order valence-corrected chi connectivity index (χ1v) is 21.2. The Labute approximate surface area is 294 Å². The molecule has 0 aliphatic carbocycles. The number of ether oxygens (including phenoxy) is 2. The lowest BCUT2D eigenvalue weighted by atomic mass is 10.0. The lowest BCUT2D eigenvalue weighted by molar-refractivity contribution is -0.153. The summed E-state index contributed by atoms with van der Waals surface area (Å²) in [4.78, 5) is 22.4. The number of hydrogen-bond acceptors (Lipinski definition) is 8. The van der Waals surface area contributed by atoms with Crippen LogP contribution in [0.15, 0.2) is 12.3 Å². The molecular weight excluding hydrogens is 631 g/mol. The third-order valence-electron chi connectivity index (χ3n) is 8.55. The Balaban J connectivity index is 4.23. The van der Waals surface area contributed by atoms with Gasteiger partial charge in [0, 0.05) is 6.42 Å². The molecule has 10 heteroatoms. The normalized spacial score (nSPS) is 14.3. The first-order valence-electron chi connectivity index (χ1n) is 19.7. The van der Waals surface area contributed by atoms with E-state index in [1.807, 2.05) is 6.08 Å². The molecule has 48 heavy (non-hydrogen) atoms. The van der Waals surface area contributed by atoms with E-state index in [2.05, 4.69) is 13.8 Å². The molecule has 0 aromatic heterocycles. The van der Waals surface area contributed by atoms with Gasteiger partial charge in [0.1, 0.15) is 12.7 Å². The molecule has 3 atom stereocenters. The summed E-state index contributed by atoms with van der Waals surface area (Å²) in [5, 5.41) is 18.3. The van der Waals surface area contributed by atoms with Gasteiger partial charge in [-0.3, -0.25) is 13.8 Å². The second-order valence-electron chi connectivity index (χ2n) is 13.4. The molecule has 0 aliphatic heterocycles. The zero-order valence-corrected chi connectivity index (χ0v) is 31.9. The van der Waals surface area contributed by atoms with Crippen LogP contribution in [0.25, 0.3) is 0 Å². The fourth-order valence-corrected chi connectivity index (χ4v) is 6.29. The first kappa shape index (κ1) is 47.0. The number of hydrogen-bond donors (Lipinski definition) is 3. The SMILES string of the molecule is CCCCCCCCCCCCCCCC/C=C\OC[C@H](COP(=O)(O)OC[C@@H](O)CO)OC(=O)CCCCCCCCCCCCC. The highest BCUT2D eigenvalue weighted by atomic mass is 31.2. The Hall–Kier alpha value is -0.960. The van der Waals surface area contributed by atoms with Crippen molar-refractivity contribution in [1.29, 1.82) is 0 Å². The molecule has 1 unspecified atom stereocenters. The third kappa shape index (κ3) is 34.9. The maximum atomic E-state index is 12.5. The average molecular weight is 707 g/mol. The van der Waals surface area contributed by atoms with Crippen LogP contribution in [0, 0.1) is 0 Å². The molecule has 0 radical (unpaired) electrons. The highest BCUT2D eigenvalue weighted by Gasteiger charge is 2.26. The summed E-state index contributed by atoms with van der Waals surface area (Å²) in [7, 11) is -4.52. The third-order valence-corrected chi connectivity index (χ3v) is 9.50. The lowest BCUT2D eigenvalue weighted by Gasteiger charge is -2.20. The Morgan fingerprint density at radius 3 is 1.50 bits per heavy atom. The zero-order valence-electron chi connectivity index (χ0n) is 31.0. The second kappa shape index (κ2) is 35.9. The molecule has 0 bridgehead atoms. The van der Waals surface area contributed by atoms with Gasteiger partial charge in [0.15, 0.2) is 6.10 Å². The van der Waals surface area contributed by atoms with Gasteiger partial charge in [0.25, 0.3) is 0 Å². The summed E-state index contributed by atoms with van der Waals surface area (Å²) in [6, 6.07) is 0. The zero-order chi connectivity index (χ0) is 35.4. The first-order chi connectivity index (χ1) is 23.3. The standard InChI is InChI=1S/C38H75O9P/c1-3-5-7-9-11-13-15-16-17-18-19-21-23-25-27-29-31-44-34-37(35-46-48(42,43)45-33-36(40)32-39)47-38(41)30-28-26-24-22-20-14-12-10-8-6-4-2/h29,31,36-37,39-40H,3-28,30,32-35H2,1-2H3,(H,42,43)/b31-29-/t36-,37+/m0/s1. The number of aliphatic hydroxyl groups excluding tert-OH is 2. The number of rotatable bonds is 38. The Kier molecular flexibility index (Phi) is 35.1. The Morgan fingerprint density at radius 2 is 1.04 bits per heavy atom. The van der Waals surface area contributed by atoms with E-state index >= 15 is 0 Å². The van der Waals surface area contributed by atoms with Crippen LogP contribution in [-0.4, -0.2) is 59.7 Å². The van der Waals surface area contributed by atoms with Gasteiger partial charge in [-0.15, -0.1) is 0 Å². The number of esters is 1. The molecule has 0 aromatic rings. The molecule has 0 saturated carbocycles. The van der Waals surface area contributed by atoms with Crippen molar-refractivity contribution in [3.63, 3.8) is 0 Å². The van der Waals surface area contributed by atoms with Gasteiger partial charge >= 0.3 is 13.8 Å². The van der Waals surface area contributed by atoms with Crippen molar-refractivity contribution < 1.29 is 43.0 Å². The van der Waals surface area contributed by atoms with Gasteiger partial charge in [-0.2, -0.15) is 0 Å². The predicted molar refractivity (Wildman–Crippen MR) is 196 cm³/mol. The number of unbranched alkanes of at least 4 members (excludes halogenated alkanes) is 24. The summed E-state index contributed by atoms with van der Waals surface area (Å²) < 4.78 is 33.0. The van der Waals surface area contributed by atoms with Crippen molar-refractivity contribution in [3.8, 4) is 0 Å². The number of phosphoric ester groups is 1. The van der Waals surface area contributed by atoms with E-state index in [-0.39, 0.29) is 13.0 Å². The number of carbonyl (C=O) groups is 1. The fraction of sp³-hybridized carbons (Fsp3) is 0.921. The number of aliphatic hydroxyl groups is 2. The highest BCUT2D eigenvalue weighted by Crippen LogP contribution is 2.43. The molecule has 0 heterocycles. The van der Waals surface area contributed by atoms with Crippen molar-refractivity contribution in [3.05, 3.63) is 12.3 Å². The maximum absolute atomic E-state index is 12.5. The van der Waals surface area contributed by atoms with Crippen molar-refractivity contribution in [1.82, 2.24) is 0 Å². The van der Waals surface area contributed by atoms with E-state index in [9.17, 15) is 19.4 Å². The fourth-order valence-electron chi connectivity index (χ4n) is 5.50. The van der Waals surface area contributed by atoms with E-state index in [1.165, 1.54) is 135 Å². The molecule has 9 nitrogen and oxygen atoms in total. The molecule has 0 amide bonds. The maximum Gasteiger partial charge on any atom is 0.472 e. The van der Waals surface area contributed by atoms with Crippen LogP contribution < -0.4 is 0 Å². The minimum atomic E-state index is -4.52. The molecule has 0 aliphatic rings. The number of carbonyl (C=O) groups excluding carboxylic acids is 1. The number of allylic oxidation sites excluding steroid dienone is 1. The van der Waals surface area contributed by atoms with Crippen LogP contribution in [0.2, 0.25) is 0 Å². The minimum Gasteiger partial charge on any atom is -0.498 e. The molecule has 0 spiro atoms. The van der Waals surface area contributed by atoms with E-state index in [4.69, 9.17) is 23.6 Å². The van der Waals surface area contributed by atoms with Gasteiger partial charge in [-0.25, -0.2) is 4.57 Å². The topological polar surface area (TPSA) is 132 Å². The van der Waals surface area contributed by atoms with Gasteiger partial charge in [-0.05, 0) is 25.3 Å². The van der Waals surface area contributed by atoms with Crippen LogP contribution in [0.1, 0.15) is 187 Å². The van der Waals surface area contributed by atoms with Crippen molar-refractivity contribution in [2.75, 3.05) is 26.4 Å². The van der Waals surface area contributed by atoms with Crippen LogP contribution in [0.5, 0.6) is 0 Å². The molecule has 286 valence electrons. The van der Waals surface area contributed by atoms with E-state index in [1.54, 1.807) is 6.26 Å². The largest absolute Gasteiger partial charge is 0.498 e. The summed E-state index contributed by atoms with van der Waals surface area (Å²) in [6.45, 7) is 2.89.